The number of aromatic carboxylic acids is 1. The Morgan fingerprint density at radius 3 is 3.00 bits per heavy atom. The Labute approximate surface area is 81.8 Å². The average Bonchev–Trinajstić information content (AvgIpc) is 2.61. The predicted octanol–water partition coefficient (Wildman–Crippen LogP) is 2.07. The van der Waals surface area contributed by atoms with Crippen LogP contribution in [0.15, 0.2) is 29.2 Å². The molecule has 0 radical (unpaired) electrons. The molecule has 0 atom stereocenters. The normalized spacial score (nSPS) is 10.0. The Morgan fingerprint density at radius 2 is 2.43 bits per heavy atom. The molecule has 4 heteroatoms. The first-order valence-electron chi connectivity index (χ1n) is 4.24. The molecule has 0 amide bonds. The van der Waals surface area contributed by atoms with Gasteiger partial charge in [0.25, 0.3) is 0 Å². The molecule has 0 aliphatic heterocycles. The molecule has 76 valence electrons. The van der Waals surface area contributed by atoms with Gasteiger partial charge in [-0.15, -0.1) is 6.58 Å². The van der Waals surface area contributed by atoms with Gasteiger partial charge in [-0.3, -0.25) is 0 Å². The first kappa shape index (κ1) is 10.5. The third kappa shape index (κ3) is 3.06. The topological polar surface area (TPSA) is 59.7 Å². The van der Waals surface area contributed by atoms with Crippen molar-refractivity contribution in [3.05, 3.63) is 36.3 Å². The van der Waals surface area contributed by atoms with E-state index >= 15 is 0 Å². The lowest BCUT2D eigenvalue weighted by Crippen LogP contribution is -1.94. The highest BCUT2D eigenvalue weighted by Crippen LogP contribution is 2.08. The molecule has 14 heavy (non-hydrogen) atoms. The van der Waals surface area contributed by atoms with Crippen LogP contribution in [0.1, 0.15) is 22.7 Å². The zero-order chi connectivity index (χ0) is 10.4. The van der Waals surface area contributed by atoms with Crippen molar-refractivity contribution in [2.45, 2.75) is 13.0 Å². The molecule has 0 spiro atoms. The number of rotatable bonds is 6. The number of furan rings is 1. The van der Waals surface area contributed by atoms with Crippen LogP contribution in [0, 0.1) is 0 Å². The summed E-state index contributed by atoms with van der Waals surface area (Å²) in [4.78, 5) is 10.4. The van der Waals surface area contributed by atoms with Crippen LogP contribution in [0.3, 0.4) is 0 Å². The number of carboxylic acids is 1. The van der Waals surface area contributed by atoms with Crippen molar-refractivity contribution >= 4 is 5.97 Å². The number of hydrogen-bond acceptors (Lipinski definition) is 3. The molecule has 0 unspecified atom stereocenters. The summed E-state index contributed by atoms with van der Waals surface area (Å²) in [6.07, 6.45) is 2.53. The van der Waals surface area contributed by atoms with Crippen LogP contribution in [-0.2, 0) is 11.3 Å². The van der Waals surface area contributed by atoms with E-state index in [1.54, 1.807) is 12.1 Å². The second-order valence-electron chi connectivity index (χ2n) is 2.70. The lowest BCUT2D eigenvalue weighted by molar-refractivity contribution is 0.0648. The third-order valence-electron chi connectivity index (χ3n) is 1.58. The summed E-state index contributed by atoms with van der Waals surface area (Å²) in [5, 5.41) is 8.56. The SMILES string of the molecule is C=CCCOCc1ccc(C(=O)O)o1. The third-order valence-corrected chi connectivity index (χ3v) is 1.58. The van der Waals surface area contributed by atoms with Gasteiger partial charge in [0.05, 0.1) is 6.61 Å². The van der Waals surface area contributed by atoms with Crippen molar-refractivity contribution in [1.82, 2.24) is 0 Å². The van der Waals surface area contributed by atoms with Crippen LogP contribution in [0.25, 0.3) is 0 Å². The maximum atomic E-state index is 10.4. The second kappa shape index (κ2) is 5.24. The Bertz CT molecular complexity index is 314. The van der Waals surface area contributed by atoms with Gasteiger partial charge in [-0.1, -0.05) is 6.08 Å². The molecule has 0 fully saturated rings. The molecule has 0 saturated carbocycles. The van der Waals surface area contributed by atoms with Gasteiger partial charge in [0.1, 0.15) is 12.4 Å². The second-order valence-corrected chi connectivity index (χ2v) is 2.70. The van der Waals surface area contributed by atoms with Gasteiger partial charge in [0.2, 0.25) is 5.76 Å². The molecule has 4 nitrogen and oxygen atoms in total. The highest BCUT2D eigenvalue weighted by atomic mass is 16.5. The number of ether oxygens (including phenoxy) is 1. The van der Waals surface area contributed by atoms with Crippen LogP contribution in [-0.4, -0.2) is 17.7 Å². The zero-order valence-electron chi connectivity index (χ0n) is 7.73. The maximum absolute atomic E-state index is 10.4. The van der Waals surface area contributed by atoms with Crippen LogP contribution in [0.5, 0.6) is 0 Å². The molecule has 1 rings (SSSR count). The summed E-state index contributed by atoms with van der Waals surface area (Å²) < 4.78 is 10.2. The quantitative estimate of drug-likeness (QED) is 0.559. The van der Waals surface area contributed by atoms with E-state index in [-0.39, 0.29) is 5.76 Å². The van der Waals surface area contributed by atoms with Crippen molar-refractivity contribution in [2.75, 3.05) is 6.61 Å². The first-order valence-corrected chi connectivity index (χ1v) is 4.24. The molecule has 0 aliphatic carbocycles. The minimum atomic E-state index is -1.07. The van der Waals surface area contributed by atoms with E-state index in [4.69, 9.17) is 14.3 Å². The van der Waals surface area contributed by atoms with Crippen molar-refractivity contribution in [2.24, 2.45) is 0 Å². The summed E-state index contributed by atoms with van der Waals surface area (Å²) in [6.45, 7) is 4.41. The maximum Gasteiger partial charge on any atom is 0.371 e. The Hall–Kier alpha value is -1.55. The fraction of sp³-hybridized carbons (Fsp3) is 0.300. The molecule has 1 aromatic heterocycles. The van der Waals surface area contributed by atoms with Crippen molar-refractivity contribution in [1.29, 1.82) is 0 Å². The number of hydrogen-bond donors (Lipinski definition) is 1. The summed E-state index contributed by atoms with van der Waals surface area (Å²) >= 11 is 0. The van der Waals surface area contributed by atoms with Gasteiger partial charge in [0, 0.05) is 0 Å². The van der Waals surface area contributed by atoms with Crippen LogP contribution >= 0.6 is 0 Å². The van der Waals surface area contributed by atoms with Crippen molar-refractivity contribution < 1.29 is 19.1 Å². The number of carbonyl (C=O) groups is 1. The minimum Gasteiger partial charge on any atom is -0.475 e. The summed E-state index contributed by atoms with van der Waals surface area (Å²) in [5.41, 5.74) is 0. The van der Waals surface area contributed by atoms with Crippen molar-refractivity contribution in [3.63, 3.8) is 0 Å². The summed E-state index contributed by atoms with van der Waals surface area (Å²) in [5.74, 6) is -0.610. The molecule has 1 aromatic rings. The molecule has 1 heterocycles. The van der Waals surface area contributed by atoms with Gasteiger partial charge in [-0.2, -0.15) is 0 Å². The highest BCUT2D eigenvalue weighted by molar-refractivity contribution is 5.84. The smallest absolute Gasteiger partial charge is 0.371 e. The van der Waals surface area contributed by atoms with Gasteiger partial charge < -0.3 is 14.3 Å². The van der Waals surface area contributed by atoms with E-state index in [1.165, 1.54) is 6.07 Å². The molecular formula is C10H12O4. The molecule has 0 saturated heterocycles. The zero-order valence-corrected chi connectivity index (χ0v) is 7.73. The van der Waals surface area contributed by atoms with E-state index in [9.17, 15) is 4.79 Å². The Morgan fingerprint density at radius 1 is 1.64 bits per heavy atom. The van der Waals surface area contributed by atoms with Crippen molar-refractivity contribution in [3.8, 4) is 0 Å². The average molecular weight is 196 g/mol. The molecule has 0 aliphatic rings. The molecule has 0 aromatic carbocycles. The van der Waals surface area contributed by atoms with E-state index in [0.717, 1.165) is 6.42 Å². The standard InChI is InChI=1S/C10H12O4/c1-2-3-6-13-7-8-4-5-9(14-8)10(11)12/h2,4-5H,1,3,6-7H2,(H,11,12). The molecular weight excluding hydrogens is 184 g/mol. The van der Waals surface area contributed by atoms with Gasteiger partial charge in [-0.05, 0) is 18.6 Å². The first-order chi connectivity index (χ1) is 6.74. The fourth-order valence-electron chi connectivity index (χ4n) is 0.910. The molecule has 0 bridgehead atoms. The van der Waals surface area contributed by atoms with Crippen LogP contribution < -0.4 is 0 Å². The lowest BCUT2D eigenvalue weighted by atomic mass is 10.4. The molecule has 1 N–H and O–H groups in total. The fourth-order valence-corrected chi connectivity index (χ4v) is 0.910. The van der Waals surface area contributed by atoms with E-state index in [0.29, 0.717) is 19.0 Å². The van der Waals surface area contributed by atoms with Gasteiger partial charge in [-0.25, -0.2) is 4.79 Å². The minimum absolute atomic E-state index is 0.0627. The van der Waals surface area contributed by atoms with Gasteiger partial charge >= 0.3 is 5.97 Å². The number of carboxylic acid groups (broad SMARTS) is 1. The van der Waals surface area contributed by atoms with Gasteiger partial charge in [0.15, 0.2) is 0 Å². The summed E-state index contributed by atoms with van der Waals surface area (Å²) in [6, 6.07) is 3.01. The monoisotopic (exact) mass is 196 g/mol. The summed E-state index contributed by atoms with van der Waals surface area (Å²) in [7, 11) is 0. The Kier molecular flexibility index (Phi) is 3.94. The largest absolute Gasteiger partial charge is 0.475 e. The highest BCUT2D eigenvalue weighted by Gasteiger charge is 2.08. The van der Waals surface area contributed by atoms with E-state index in [1.807, 2.05) is 0 Å². The van der Waals surface area contributed by atoms with Crippen LogP contribution in [0.4, 0.5) is 0 Å². The lowest BCUT2D eigenvalue weighted by Gasteiger charge is -1.98. The predicted molar refractivity (Wildman–Crippen MR) is 50.1 cm³/mol. The van der Waals surface area contributed by atoms with E-state index in [2.05, 4.69) is 6.58 Å². The van der Waals surface area contributed by atoms with Crippen LogP contribution in [0.2, 0.25) is 0 Å². The van der Waals surface area contributed by atoms with E-state index < -0.39 is 5.97 Å². The Balaban J connectivity index is 2.36.